The van der Waals surface area contributed by atoms with E-state index in [4.69, 9.17) is 25.8 Å². The molecule has 36 heavy (non-hydrogen) atoms. The Balaban J connectivity index is 1.20. The van der Waals surface area contributed by atoms with Crippen LogP contribution in [0.25, 0.3) is 0 Å². The van der Waals surface area contributed by atoms with Crippen LogP contribution in [0, 0.1) is 0 Å². The molecule has 1 aromatic heterocycles. The van der Waals surface area contributed by atoms with Gasteiger partial charge in [0.1, 0.15) is 17.3 Å². The van der Waals surface area contributed by atoms with Crippen LogP contribution in [0.5, 0.6) is 17.4 Å². The van der Waals surface area contributed by atoms with Crippen molar-refractivity contribution in [3.63, 3.8) is 0 Å². The third-order valence-electron chi connectivity index (χ3n) is 6.22. The number of hydrogen-bond donors (Lipinski definition) is 0. The minimum Gasteiger partial charge on any atom is -0.477 e. The molecule has 3 aromatic rings. The van der Waals surface area contributed by atoms with Crippen LogP contribution >= 0.6 is 11.6 Å². The van der Waals surface area contributed by atoms with Crippen molar-refractivity contribution in [1.82, 2.24) is 9.55 Å². The summed E-state index contributed by atoms with van der Waals surface area (Å²) in [6.07, 6.45) is -3.18. The van der Waals surface area contributed by atoms with Gasteiger partial charge in [0, 0.05) is 25.6 Å². The van der Waals surface area contributed by atoms with Gasteiger partial charge in [0.25, 0.3) is 0 Å². The summed E-state index contributed by atoms with van der Waals surface area (Å²) in [6, 6.07) is 12.4. The van der Waals surface area contributed by atoms with Crippen LogP contribution in [0.15, 0.2) is 53.3 Å². The summed E-state index contributed by atoms with van der Waals surface area (Å²) in [6.45, 7) is 2.89. The van der Waals surface area contributed by atoms with Crippen molar-refractivity contribution in [1.29, 1.82) is 0 Å². The highest BCUT2D eigenvalue weighted by Gasteiger charge is 2.34. The molecule has 0 amide bonds. The Bertz CT molecular complexity index is 1300. The Morgan fingerprint density at radius 3 is 2.64 bits per heavy atom. The largest absolute Gasteiger partial charge is 0.477 e. The topological polar surface area (TPSA) is 65.8 Å². The van der Waals surface area contributed by atoms with Gasteiger partial charge in [0.05, 0.1) is 36.4 Å². The van der Waals surface area contributed by atoms with Gasteiger partial charge in [-0.3, -0.25) is 4.57 Å². The molecule has 2 aliphatic heterocycles. The van der Waals surface area contributed by atoms with E-state index in [1.54, 1.807) is 34.9 Å². The average molecular weight is 522 g/mol. The van der Waals surface area contributed by atoms with Crippen molar-refractivity contribution < 1.29 is 27.4 Å². The first-order valence-corrected chi connectivity index (χ1v) is 11.9. The predicted molar refractivity (Wildman–Crippen MR) is 127 cm³/mol. The molecular weight excluding hydrogens is 499 g/mol. The summed E-state index contributed by atoms with van der Waals surface area (Å²) in [7, 11) is 0. The number of aromatic nitrogens is 2. The van der Waals surface area contributed by atoms with Crippen molar-refractivity contribution in [2.45, 2.75) is 31.6 Å². The quantitative estimate of drug-likeness (QED) is 0.458. The first kappa shape index (κ1) is 24.5. The number of hydrogen-bond acceptors (Lipinski definition) is 6. The van der Waals surface area contributed by atoms with Crippen LogP contribution in [0.4, 0.5) is 19.0 Å². The molecule has 0 radical (unpaired) electrons. The zero-order valence-corrected chi connectivity index (χ0v) is 19.9. The minimum atomic E-state index is -4.57. The molecule has 0 aliphatic carbocycles. The van der Waals surface area contributed by atoms with Gasteiger partial charge in [-0.2, -0.15) is 18.2 Å². The van der Waals surface area contributed by atoms with E-state index in [1.807, 2.05) is 0 Å². The SMILES string of the molecule is O=c1nc(OCCc2ccc(Oc3ccc(Cl)c(C(F)(F)F)c3)cc2)cc2n1CCC1COCCN21. The van der Waals surface area contributed by atoms with Crippen LogP contribution in [0.3, 0.4) is 0 Å². The van der Waals surface area contributed by atoms with Crippen molar-refractivity contribution in [3.05, 3.63) is 75.2 Å². The van der Waals surface area contributed by atoms with Gasteiger partial charge in [-0.1, -0.05) is 23.7 Å². The molecule has 0 N–H and O–H groups in total. The fourth-order valence-electron chi connectivity index (χ4n) is 4.39. The van der Waals surface area contributed by atoms with Crippen molar-refractivity contribution in [3.8, 4) is 17.4 Å². The first-order valence-electron chi connectivity index (χ1n) is 11.5. The Labute approximate surface area is 210 Å². The fraction of sp³-hybridized carbons (Fsp3) is 0.360. The molecule has 1 fully saturated rings. The molecule has 7 nitrogen and oxygen atoms in total. The Hall–Kier alpha value is -3.24. The summed E-state index contributed by atoms with van der Waals surface area (Å²) in [5.41, 5.74) is -0.350. The van der Waals surface area contributed by atoms with E-state index in [-0.39, 0.29) is 28.4 Å². The molecule has 2 aliphatic rings. The molecule has 5 rings (SSSR count). The average Bonchev–Trinajstić information content (AvgIpc) is 2.85. The zero-order chi connectivity index (χ0) is 25.3. The molecule has 11 heteroatoms. The predicted octanol–water partition coefficient (Wildman–Crippen LogP) is 4.94. The third-order valence-corrected chi connectivity index (χ3v) is 6.55. The van der Waals surface area contributed by atoms with E-state index in [0.717, 1.165) is 36.5 Å². The maximum Gasteiger partial charge on any atom is 0.417 e. The zero-order valence-electron chi connectivity index (χ0n) is 19.1. The molecule has 1 atom stereocenters. The summed E-state index contributed by atoms with van der Waals surface area (Å²) in [5, 5.41) is -0.383. The van der Waals surface area contributed by atoms with Crippen LogP contribution < -0.4 is 20.1 Å². The number of anilines is 1. The van der Waals surface area contributed by atoms with E-state index in [2.05, 4.69) is 9.88 Å². The van der Waals surface area contributed by atoms with Gasteiger partial charge in [-0.25, -0.2) is 4.79 Å². The second-order valence-electron chi connectivity index (χ2n) is 8.58. The lowest BCUT2D eigenvalue weighted by Crippen LogP contribution is -2.51. The van der Waals surface area contributed by atoms with Crippen LogP contribution in [0.1, 0.15) is 17.5 Å². The van der Waals surface area contributed by atoms with Gasteiger partial charge in [-0.15, -0.1) is 0 Å². The molecule has 3 heterocycles. The standard InChI is InChI=1S/C25H23ClF3N3O4/c26-21-6-5-19(13-20(21)25(27,28)29)36-18-3-1-16(2-4-18)8-11-35-22-14-23-31-10-12-34-15-17(31)7-9-32(23)24(33)30-22/h1-6,13-14,17H,7-12,15H2. The summed E-state index contributed by atoms with van der Waals surface area (Å²) < 4.78 is 57.7. The normalized spacial score (nSPS) is 17.3. The highest BCUT2D eigenvalue weighted by molar-refractivity contribution is 6.31. The minimum absolute atomic E-state index is 0.0371. The van der Waals surface area contributed by atoms with E-state index in [9.17, 15) is 18.0 Å². The number of alkyl halides is 3. The first-order chi connectivity index (χ1) is 17.3. The highest BCUT2D eigenvalue weighted by Crippen LogP contribution is 2.37. The molecule has 0 bridgehead atoms. The summed E-state index contributed by atoms with van der Waals surface area (Å²) in [4.78, 5) is 18.7. The third kappa shape index (κ3) is 5.29. The van der Waals surface area contributed by atoms with E-state index < -0.39 is 11.7 Å². The Morgan fingerprint density at radius 2 is 1.86 bits per heavy atom. The highest BCUT2D eigenvalue weighted by atomic mass is 35.5. The van der Waals surface area contributed by atoms with E-state index in [0.29, 0.717) is 38.5 Å². The van der Waals surface area contributed by atoms with E-state index in [1.165, 1.54) is 6.07 Å². The molecule has 0 saturated carbocycles. The molecule has 190 valence electrons. The Kier molecular flexibility index (Phi) is 6.81. The van der Waals surface area contributed by atoms with Crippen molar-refractivity contribution in [2.24, 2.45) is 0 Å². The number of halogens is 4. The van der Waals surface area contributed by atoms with Gasteiger partial charge in [-0.05, 0) is 42.3 Å². The second kappa shape index (κ2) is 10.0. The lowest BCUT2D eigenvalue weighted by molar-refractivity contribution is -0.137. The number of ether oxygens (including phenoxy) is 3. The monoisotopic (exact) mass is 521 g/mol. The molecule has 0 spiro atoms. The number of nitrogens with zero attached hydrogens (tertiary/aromatic N) is 3. The van der Waals surface area contributed by atoms with Crippen LogP contribution in [-0.2, 0) is 23.9 Å². The van der Waals surface area contributed by atoms with Crippen LogP contribution in [0.2, 0.25) is 5.02 Å². The van der Waals surface area contributed by atoms with Gasteiger partial charge >= 0.3 is 11.9 Å². The smallest absolute Gasteiger partial charge is 0.417 e. The fourth-order valence-corrected chi connectivity index (χ4v) is 4.61. The summed E-state index contributed by atoms with van der Waals surface area (Å²) >= 11 is 5.65. The van der Waals surface area contributed by atoms with Gasteiger partial charge in [0.2, 0.25) is 5.88 Å². The van der Waals surface area contributed by atoms with Gasteiger partial charge < -0.3 is 19.1 Å². The number of morpholine rings is 1. The molecule has 2 aromatic carbocycles. The maximum absolute atomic E-state index is 13.1. The van der Waals surface area contributed by atoms with Crippen molar-refractivity contribution >= 4 is 17.4 Å². The van der Waals surface area contributed by atoms with Gasteiger partial charge in [0.15, 0.2) is 0 Å². The Morgan fingerprint density at radius 1 is 1.08 bits per heavy atom. The second-order valence-corrected chi connectivity index (χ2v) is 8.99. The maximum atomic E-state index is 13.1. The number of rotatable bonds is 6. The number of benzene rings is 2. The van der Waals surface area contributed by atoms with E-state index >= 15 is 0 Å². The summed E-state index contributed by atoms with van der Waals surface area (Å²) in [5.74, 6) is 1.51. The van der Waals surface area contributed by atoms with Crippen LogP contribution in [-0.4, -0.2) is 42.0 Å². The molecular formula is C25H23ClF3N3O4. The molecule has 1 saturated heterocycles. The van der Waals surface area contributed by atoms with Crippen molar-refractivity contribution in [2.75, 3.05) is 31.3 Å². The lowest BCUT2D eigenvalue weighted by atomic mass is 10.1. The lowest BCUT2D eigenvalue weighted by Gasteiger charge is -2.41. The number of fused-ring (bicyclic) bond motifs is 3. The molecule has 1 unspecified atom stereocenters.